The first-order valence-corrected chi connectivity index (χ1v) is 10.3. The summed E-state index contributed by atoms with van der Waals surface area (Å²) in [4.78, 5) is 29.0. The van der Waals surface area contributed by atoms with E-state index in [0.29, 0.717) is 22.6 Å². The maximum absolute atomic E-state index is 13.2. The number of carbonyl (C=O) groups excluding carboxylic acids is 1. The number of ether oxygens (including phenoxy) is 1. The molecule has 2 aromatic heterocycles. The first kappa shape index (κ1) is 22.5. The molecule has 1 aliphatic carbocycles. The number of nitrogens with one attached hydrogen (secondary N) is 1. The molecular formula is C24H28FN3O3. The van der Waals surface area contributed by atoms with Gasteiger partial charge >= 0.3 is 0 Å². The molecule has 0 bridgehead atoms. The van der Waals surface area contributed by atoms with Gasteiger partial charge in [0.2, 0.25) is 0 Å². The van der Waals surface area contributed by atoms with Crippen molar-refractivity contribution >= 4 is 16.8 Å². The second-order valence-corrected chi connectivity index (χ2v) is 8.63. The summed E-state index contributed by atoms with van der Waals surface area (Å²) < 4.78 is 18.5. The second kappa shape index (κ2) is 9.29. The Bertz CT molecular complexity index is 1140. The molecule has 4 rings (SSSR count). The number of nitrogens with zero attached hydrogens (tertiary/aromatic N) is 1. The van der Waals surface area contributed by atoms with E-state index in [0.717, 1.165) is 6.42 Å². The van der Waals surface area contributed by atoms with E-state index in [1.807, 2.05) is 6.07 Å². The van der Waals surface area contributed by atoms with Crippen molar-refractivity contribution in [1.82, 2.24) is 9.97 Å². The molecule has 1 amide bonds. The Labute approximate surface area is 180 Å². The van der Waals surface area contributed by atoms with Gasteiger partial charge in [-0.2, -0.15) is 0 Å². The first-order chi connectivity index (χ1) is 14.7. The fourth-order valence-electron chi connectivity index (χ4n) is 4.29. The molecule has 1 atom stereocenters. The van der Waals surface area contributed by atoms with Gasteiger partial charge in [-0.05, 0) is 48.3 Å². The van der Waals surface area contributed by atoms with E-state index >= 15 is 0 Å². The molecule has 1 aromatic carbocycles. The SMILES string of the molecule is COc1cc(F)ccc1[C@@H]1CCCC(C)(C)C1.NC(=O)c1nccc2[nH]ccc(=O)c12. The number of halogens is 1. The summed E-state index contributed by atoms with van der Waals surface area (Å²) in [5, 5.41) is 0.238. The number of rotatable bonds is 3. The number of aromatic amines is 1. The van der Waals surface area contributed by atoms with Crippen LogP contribution in [0.1, 0.15) is 61.5 Å². The van der Waals surface area contributed by atoms with Gasteiger partial charge in [0.15, 0.2) is 5.43 Å². The van der Waals surface area contributed by atoms with E-state index < -0.39 is 5.91 Å². The molecule has 3 aromatic rings. The number of fused-ring (bicyclic) bond motifs is 1. The van der Waals surface area contributed by atoms with Crippen molar-refractivity contribution in [1.29, 1.82) is 0 Å². The second-order valence-electron chi connectivity index (χ2n) is 8.63. The zero-order valence-corrected chi connectivity index (χ0v) is 18.1. The fraction of sp³-hybridized carbons (Fsp3) is 0.375. The maximum Gasteiger partial charge on any atom is 0.268 e. The lowest BCUT2D eigenvalue weighted by Gasteiger charge is -2.35. The van der Waals surface area contributed by atoms with Crippen molar-refractivity contribution < 1.29 is 13.9 Å². The molecule has 1 saturated carbocycles. The minimum absolute atomic E-state index is 0.00403. The van der Waals surface area contributed by atoms with Crippen molar-refractivity contribution in [2.45, 2.75) is 45.4 Å². The van der Waals surface area contributed by atoms with E-state index in [4.69, 9.17) is 10.5 Å². The number of benzene rings is 1. The molecule has 0 unspecified atom stereocenters. The molecule has 0 aliphatic heterocycles. The molecule has 31 heavy (non-hydrogen) atoms. The number of hydrogen-bond donors (Lipinski definition) is 2. The summed E-state index contributed by atoms with van der Waals surface area (Å²) in [6.07, 6.45) is 7.82. The highest BCUT2D eigenvalue weighted by atomic mass is 19.1. The average molecular weight is 426 g/mol. The monoisotopic (exact) mass is 425 g/mol. The Morgan fingerprint density at radius 3 is 2.74 bits per heavy atom. The minimum atomic E-state index is -0.702. The van der Waals surface area contributed by atoms with Crippen LogP contribution < -0.4 is 15.9 Å². The maximum atomic E-state index is 13.2. The molecule has 1 aliphatic rings. The van der Waals surface area contributed by atoms with Gasteiger partial charge in [-0.25, -0.2) is 4.39 Å². The van der Waals surface area contributed by atoms with Crippen LogP contribution in [-0.2, 0) is 0 Å². The lowest BCUT2D eigenvalue weighted by molar-refractivity contribution is 0.0997. The van der Waals surface area contributed by atoms with Crippen LogP contribution in [0.2, 0.25) is 0 Å². The third-order valence-corrected chi connectivity index (χ3v) is 5.74. The van der Waals surface area contributed by atoms with Crippen molar-refractivity contribution in [3.05, 3.63) is 70.0 Å². The number of aromatic nitrogens is 2. The van der Waals surface area contributed by atoms with Gasteiger partial charge in [0.05, 0.1) is 18.0 Å². The number of carbonyl (C=O) groups is 1. The molecule has 0 radical (unpaired) electrons. The van der Waals surface area contributed by atoms with Gasteiger partial charge in [0.25, 0.3) is 5.91 Å². The zero-order chi connectivity index (χ0) is 22.6. The van der Waals surface area contributed by atoms with Crippen molar-refractivity contribution in [2.24, 2.45) is 11.1 Å². The normalized spacial score (nSPS) is 17.5. The van der Waals surface area contributed by atoms with Crippen molar-refractivity contribution in [3.8, 4) is 5.75 Å². The predicted octanol–water partition coefficient (Wildman–Crippen LogP) is 4.54. The van der Waals surface area contributed by atoms with Gasteiger partial charge in [-0.3, -0.25) is 14.6 Å². The standard InChI is InChI=1S/C15H21FO.C9H7N3O2/c1-15(2)8-4-5-11(10-15)13-7-6-12(16)9-14(13)17-3;10-9(14)8-7-5(1-3-12-8)11-4-2-6(7)13/h6-7,9,11H,4-5,8,10H2,1-3H3;1-4H,(H2,10,14)(H,11,13)/t11-;/m1./s1. The Kier molecular flexibility index (Phi) is 6.73. The van der Waals surface area contributed by atoms with Gasteiger partial charge in [0, 0.05) is 24.5 Å². The van der Waals surface area contributed by atoms with E-state index in [1.54, 1.807) is 19.2 Å². The summed E-state index contributed by atoms with van der Waals surface area (Å²) in [5.41, 5.74) is 6.95. The summed E-state index contributed by atoms with van der Waals surface area (Å²) in [6, 6.07) is 7.87. The molecule has 6 nitrogen and oxygen atoms in total. The van der Waals surface area contributed by atoms with Gasteiger partial charge in [-0.1, -0.05) is 26.3 Å². The van der Waals surface area contributed by atoms with E-state index in [-0.39, 0.29) is 22.3 Å². The Balaban J connectivity index is 0.000000179. The van der Waals surface area contributed by atoms with Gasteiger partial charge in [-0.15, -0.1) is 0 Å². The van der Waals surface area contributed by atoms with Crippen LogP contribution in [0.15, 0.2) is 47.5 Å². The summed E-state index contributed by atoms with van der Waals surface area (Å²) >= 11 is 0. The summed E-state index contributed by atoms with van der Waals surface area (Å²) in [5.74, 6) is 0.287. The van der Waals surface area contributed by atoms with Crippen molar-refractivity contribution in [2.75, 3.05) is 7.11 Å². The number of nitrogens with two attached hydrogens (primary N) is 1. The summed E-state index contributed by atoms with van der Waals surface area (Å²) in [6.45, 7) is 4.63. The smallest absolute Gasteiger partial charge is 0.268 e. The molecule has 1 fully saturated rings. The number of methoxy groups -OCH3 is 1. The molecule has 7 heteroatoms. The molecule has 0 saturated heterocycles. The van der Waals surface area contributed by atoms with Crippen LogP contribution in [0.5, 0.6) is 5.75 Å². The highest BCUT2D eigenvalue weighted by Crippen LogP contribution is 2.45. The number of primary amides is 1. The lowest BCUT2D eigenvalue weighted by Crippen LogP contribution is -2.21. The number of amides is 1. The summed E-state index contributed by atoms with van der Waals surface area (Å²) in [7, 11) is 1.62. The van der Waals surface area contributed by atoms with Crippen LogP contribution in [0, 0.1) is 11.2 Å². The number of H-pyrrole nitrogens is 1. The quantitative estimate of drug-likeness (QED) is 0.644. The van der Waals surface area contributed by atoms with E-state index in [9.17, 15) is 14.0 Å². The zero-order valence-electron chi connectivity index (χ0n) is 18.1. The molecule has 2 heterocycles. The number of hydrogen-bond acceptors (Lipinski definition) is 4. The third-order valence-electron chi connectivity index (χ3n) is 5.74. The van der Waals surface area contributed by atoms with Crippen LogP contribution in [0.4, 0.5) is 4.39 Å². The minimum Gasteiger partial charge on any atom is -0.496 e. The Hall–Kier alpha value is -3.22. The Morgan fingerprint density at radius 1 is 1.29 bits per heavy atom. The highest BCUT2D eigenvalue weighted by molar-refractivity contribution is 6.03. The van der Waals surface area contributed by atoms with Gasteiger partial charge in [0.1, 0.15) is 17.3 Å². The largest absolute Gasteiger partial charge is 0.496 e. The highest BCUT2D eigenvalue weighted by Gasteiger charge is 2.30. The molecule has 3 N–H and O–H groups in total. The Morgan fingerprint density at radius 2 is 2.06 bits per heavy atom. The van der Waals surface area contributed by atoms with Crippen molar-refractivity contribution in [3.63, 3.8) is 0 Å². The first-order valence-electron chi connectivity index (χ1n) is 10.3. The lowest BCUT2D eigenvalue weighted by atomic mass is 9.70. The fourth-order valence-corrected chi connectivity index (χ4v) is 4.29. The topological polar surface area (TPSA) is 98.1 Å². The average Bonchev–Trinajstić information content (AvgIpc) is 2.73. The number of pyridine rings is 2. The third kappa shape index (κ3) is 5.29. The molecular weight excluding hydrogens is 397 g/mol. The van der Waals surface area contributed by atoms with Gasteiger partial charge < -0.3 is 15.5 Å². The van der Waals surface area contributed by atoms with Crippen LogP contribution >= 0.6 is 0 Å². The molecule has 0 spiro atoms. The van der Waals surface area contributed by atoms with Crippen LogP contribution in [0.25, 0.3) is 10.9 Å². The molecule has 164 valence electrons. The van der Waals surface area contributed by atoms with Crippen LogP contribution in [0.3, 0.4) is 0 Å². The van der Waals surface area contributed by atoms with E-state index in [1.165, 1.54) is 49.4 Å². The predicted molar refractivity (Wildman–Crippen MR) is 119 cm³/mol. The van der Waals surface area contributed by atoms with E-state index in [2.05, 4.69) is 23.8 Å². The van der Waals surface area contributed by atoms with Crippen LogP contribution in [-0.4, -0.2) is 23.0 Å².